The summed E-state index contributed by atoms with van der Waals surface area (Å²) < 4.78 is 62.8. The summed E-state index contributed by atoms with van der Waals surface area (Å²) in [7, 11) is 0. The van der Waals surface area contributed by atoms with E-state index in [1.807, 2.05) is 0 Å². The minimum absolute atomic E-state index is 0.0474. The molecule has 0 aromatic carbocycles. The van der Waals surface area contributed by atoms with Crippen LogP contribution in [0.15, 0.2) is 35.3 Å². The van der Waals surface area contributed by atoms with Crippen LogP contribution in [0, 0.1) is 16.6 Å². The van der Waals surface area contributed by atoms with Crippen LogP contribution in [0.3, 0.4) is 0 Å². The van der Waals surface area contributed by atoms with Gasteiger partial charge in [-0.1, -0.05) is 20.8 Å². The summed E-state index contributed by atoms with van der Waals surface area (Å²) >= 11 is 0. The molecule has 0 bridgehead atoms. The lowest BCUT2D eigenvalue weighted by molar-refractivity contribution is -0.197. The van der Waals surface area contributed by atoms with Crippen LogP contribution in [0.4, 0.5) is 17.6 Å². The van der Waals surface area contributed by atoms with E-state index in [-0.39, 0.29) is 16.8 Å². The third-order valence-corrected chi connectivity index (χ3v) is 6.52. The molecule has 2 N–H and O–H groups in total. The summed E-state index contributed by atoms with van der Waals surface area (Å²) in [5, 5.41) is 18.8. The second-order valence-corrected chi connectivity index (χ2v) is 9.65. The SMILES string of the molecule is CC(C)(C)[C@@H](CC(=O)O)c1cc(F)cnc1C1CC1([C@H](CC(=O)O)c1ccoc1)C(F)(F)F. The highest BCUT2D eigenvalue weighted by atomic mass is 19.4. The quantitative estimate of drug-likeness (QED) is 0.478. The van der Waals surface area contributed by atoms with E-state index in [2.05, 4.69) is 4.98 Å². The highest BCUT2D eigenvalue weighted by Crippen LogP contribution is 2.74. The summed E-state index contributed by atoms with van der Waals surface area (Å²) in [6, 6.07) is 2.35. The van der Waals surface area contributed by atoms with Crippen LogP contribution < -0.4 is 0 Å². The predicted octanol–water partition coefficient (Wildman–Crippen LogP) is 5.71. The molecule has 0 radical (unpaired) electrons. The van der Waals surface area contributed by atoms with Gasteiger partial charge in [-0.3, -0.25) is 14.6 Å². The van der Waals surface area contributed by atoms with Crippen molar-refractivity contribution in [3.05, 3.63) is 53.5 Å². The van der Waals surface area contributed by atoms with E-state index in [4.69, 9.17) is 4.42 Å². The van der Waals surface area contributed by atoms with Crippen molar-refractivity contribution in [1.29, 1.82) is 0 Å². The summed E-state index contributed by atoms with van der Waals surface area (Å²) in [5.74, 6) is -6.89. The molecular weight excluding hydrogens is 446 g/mol. The third-order valence-electron chi connectivity index (χ3n) is 6.52. The highest BCUT2D eigenvalue weighted by molar-refractivity contribution is 5.69. The van der Waals surface area contributed by atoms with Crippen LogP contribution in [0.1, 0.15) is 74.6 Å². The topological polar surface area (TPSA) is 101 Å². The second kappa shape index (κ2) is 8.46. The zero-order valence-corrected chi connectivity index (χ0v) is 18.3. The summed E-state index contributed by atoms with van der Waals surface area (Å²) in [6.45, 7) is 5.16. The molecule has 4 atom stereocenters. The number of hydrogen-bond acceptors (Lipinski definition) is 4. The Morgan fingerprint density at radius 1 is 1.21 bits per heavy atom. The number of furan rings is 1. The Labute approximate surface area is 187 Å². The van der Waals surface area contributed by atoms with Gasteiger partial charge < -0.3 is 14.6 Å². The van der Waals surface area contributed by atoms with E-state index in [9.17, 15) is 37.4 Å². The van der Waals surface area contributed by atoms with E-state index in [0.717, 1.165) is 18.5 Å². The number of nitrogens with zero attached hydrogens (tertiary/aromatic N) is 1. The molecule has 6 nitrogen and oxygen atoms in total. The molecule has 1 fully saturated rings. The Balaban J connectivity index is 2.17. The van der Waals surface area contributed by atoms with Gasteiger partial charge in [0.15, 0.2) is 0 Å². The van der Waals surface area contributed by atoms with E-state index in [0.29, 0.717) is 0 Å². The van der Waals surface area contributed by atoms with Gasteiger partial charge in [0.05, 0.1) is 37.0 Å². The Bertz CT molecular complexity index is 1030. The number of pyridine rings is 1. The number of alkyl halides is 3. The predicted molar refractivity (Wildman–Crippen MR) is 108 cm³/mol. The van der Waals surface area contributed by atoms with Crippen molar-refractivity contribution in [1.82, 2.24) is 4.98 Å². The van der Waals surface area contributed by atoms with Crippen molar-refractivity contribution >= 4 is 11.9 Å². The zero-order chi connectivity index (χ0) is 24.8. The third kappa shape index (κ3) is 4.74. The van der Waals surface area contributed by atoms with Crippen molar-refractivity contribution in [3.63, 3.8) is 0 Å². The molecule has 0 saturated heterocycles. The van der Waals surface area contributed by atoms with Gasteiger partial charge in [0, 0.05) is 23.4 Å². The van der Waals surface area contributed by atoms with E-state index < -0.39 is 71.8 Å². The largest absolute Gasteiger partial charge is 0.481 e. The zero-order valence-electron chi connectivity index (χ0n) is 18.3. The van der Waals surface area contributed by atoms with Crippen LogP contribution in [-0.2, 0) is 9.59 Å². The van der Waals surface area contributed by atoms with Gasteiger partial charge in [0.1, 0.15) is 5.82 Å². The number of carboxylic acid groups (broad SMARTS) is 2. The summed E-state index contributed by atoms with van der Waals surface area (Å²) in [5.41, 5.74) is -3.03. The Kier molecular flexibility index (Phi) is 6.34. The van der Waals surface area contributed by atoms with Gasteiger partial charge >= 0.3 is 18.1 Å². The number of carbonyl (C=O) groups is 2. The van der Waals surface area contributed by atoms with Gasteiger partial charge in [-0.15, -0.1) is 0 Å². The summed E-state index contributed by atoms with van der Waals surface area (Å²) in [6.07, 6.45) is -3.38. The standard InChI is InChI=1S/C23H25F4NO5/c1-21(2,3)16(8-19(31)32)14-6-13(24)10-28-20(14)17-9-22(17,23(25,26)27)15(7-18(29)30)12-4-5-33-11-12/h4-6,10-11,15-17H,7-9H2,1-3H3,(H,29,30)(H,31,32)/t15-,16+,17?,22?/m1/s1. The number of aliphatic carboxylic acids is 2. The maximum atomic E-state index is 14.6. The van der Waals surface area contributed by atoms with Crippen molar-refractivity contribution in [2.24, 2.45) is 10.8 Å². The van der Waals surface area contributed by atoms with Gasteiger partial charge in [-0.25, -0.2) is 4.39 Å². The number of rotatable bonds is 8. The van der Waals surface area contributed by atoms with Crippen LogP contribution in [0.5, 0.6) is 0 Å². The van der Waals surface area contributed by atoms with E-state index in [1.54, 1.807) is 20.8 Å². The normalized spacial score (nSPS) is 22.6. The van der Waals surface area contributed by atoms with Gasteiger partial charge in [-0.05, 0) is 35.1 Å². The molecule has 1 aliphatic rings. The van der Waals surface area contributed by atoms with Crippen molar-refractivity contribution in [2.45, 2.75) is 64.0 Å². The lowest BCUT2D eigenvalue weighted by atomic mass is 9.72. The Morgan fingerprint density at radius 3 is 2.33 bits per heavy atom. The number of halogens is 4. The van der Waals surface area contributed by atoms with E-state index in [1.165, 1.54) is 12.3 Å². The lowest BCUT2D eigenvalue weighted by Gasteiger charge is -2.33. The van der Waals surface area contributed by atoms with Crippen LogP contribution >= 0.6 is 0 Å². The maximum Gasteiger partial charge on any atom is 0.395 e. The van der Waals surface area contributed by atoms with Crippen molar-refractivity contribution in [3.8, 4) is 0 Å². The first-order chi connectivity index (χ1) is 15.2. The molecule has 3 rings (SSSR count). The average Bonchev–Trinajstić information content (AvgIpc) is 3.19. The first-order valence-corrected chi connectivity index (χ1v) is 10.4. The molecule has 2 unspecified atom stereocenters. The van der Waals surface area contributed by atoms with Crippen LogP contribution in [-0.4, -0.2) is 33.3 Å². The van der Waals surface area contributed by atoms with Crippen LogP contribution in [0.25, 0.3) is 0 Å². The fraction of sp³-hybridized carbons (Fsp3) is 0.522. The first kappa shape index (κ1) is 24.7. The minimum atomic E-state index is -4.80. The smallest absolute Gasteiger partial charge is 0.395 e. The molecule has 33 heavy (non-hydrogen) atoms. The van der Waals surface area contributed by atoms with E-state index >= 15 is 0 Å². The van der Waals surface area contributed by atoms with Crippen molar-refractivity contribution in [2.75, 3.05) is 0 Å². The minimum Gasteiger partial charge on any atom is -0.481 e. The fourth-order valence-corrected chi connectivity index (χ4v) is 4.85. The number of carboxylic acids is 2. The molecule has 0 spiro atoms. The number of aromatic nitrogens is 1. The van der Waals surface area contributed by atoms with Gasteiger partial charge in [-0.2, -0.15) is 13.2 Å². The molecule has 1 aliphatic carbocycles. The van der Waals surface area contributed by atoms with Gasteiger partial charge in [0.25, 0.3) is 0 Å². The van der Waals surface area contributed by atoms with Gasteiger partial charge in [0.2, 0.25) is 0 Å². The molecule has 10 heteroatoms. The Hall–Kier alpha value is -2.91. The molecule has 2 aromatic heterocycles. The second-order valence-electron chi connectivity index (χ2n) is 9.65. The molecule has 180 valence electrons. The van der Waals surface area contributed by atoms with Crippen LogP contribution in [0.2, 0.25) is 0 Å². The molecule has 0 amide bonds. The molecular formula is C23H25F4NO5. The first-order valence-electron chi connectivity index (χ1n) is 10.4. The molecule has 2 aromatic rings. The maximum absolute atomic E-state index is 14.6. The monoisotopic (exact) mass is 471 g/mol. The molecule has 2 heterocycles. The fourth-order valence-electron chi connectivity index (χ4n) is 4.85. The Morgan fingerprint density at radius 2 is 1.85 bits per heavy atom. The lowest BCUT2D eigenvalue weighted by Crippen LogP contribution is -2.34. The highest BCUT2D eigenvalue weighted by Gasteiger charge is 2.75. The summed E-state index contributed by atoms with van der Waals surface area (Å²) in [4.78, 5) is 27.0. The van der Waals surface area contributed by atoms with Crippen molar-refractivity contribution < 1.29 is 41.8 Å². The molecule has 0 aliphatic heterocycles. The average molecular weight is 471 g/mol. The number of hydrogen-bond donors (Lipinski definition) is 2. The molecule has 1 saturated carbocycles.